The van der Waals surface area contributed by atoms with Crippen LogP contribution >= 0.6 is 0 Å². The average molecular weight is 547 g/mol. The van der Waals surface area contributed by atoms with E-state index in [1.807, 2.05) is 25.4 Å². The molecule has 0 spiro atoms. The summed E-state index contributed by atoms with van der Waals surface area (Å²) in [6.45, 7) is 4.48. The van der Waals surface area contributed by atoms with Crippen LogP contribution in [0, 0.1) is 18.7 Å². The zero-order chi connectivity index (χ0) is 27.7. The minimum atomic E-state index is -4.28. The second kappa shape index (κ2) is 10.8. The minimum absolute atomic E-state index is 0.0204. The van der Waals surface area contributed by atoms with Crippen molar-refractivity contribution in [3.8, 4) is 22.4 Å². The van der Waals surface area contributed by atoms with E-state index < -0.39 is 30.4 Å². The summed E-state index contributed by atoms with van der Waals surface area (Å²) in [5.74, 6) is -0.530. The molecule has 2 aliphatic rings. The van der Waals surface area contributed by atoms with Crippen LogP contribution in [0.1, 0.15) is 18.4 Å². The number of carbonyl (C=O) groups is 1. The van der Waals surface area contributed by atoms with Gasteiger partial charge in [-0.2, -0.15) is 18.3 Å². The highest BCUT2D eigenvalue weighted by Gasteiger charge is 2.36. The lowest BCUT2D eigenvalue weighted by Gasteiger charge is -2.28. The van der Waals surface area contributed by atoms with Gasteiger partial charge in [0, 0.05) is 51.4 Å². The van der Waals surface area contributed by atoms with Gasteiger partial charge in [0.25, 0.3) is 0 Å². The Kier molecular flexibility index (Phi) is 7.48. The van der Waals surface area contributed by atoms with Gasteiger partial charge in [-0.15, -0.1) is 0 Å². The third kappa shape index (κ3) is 6.32. The second-order valence-corrected chi connectivity index (χ2v) is 10.1. The molecular weight excluding hydrogens is 516 g/mol. The van der Waals surface area contributed by atoms with Gasteiger partial charge in [-0.05, 0) is 60.2 Å². The molecule has 0 bridgehead atoms. The van der Waals surface area contributed by atoms with Gasteiger partial charge < -0.3 is 19.9 Å². The molecule has 1 N–H and O–H groups in total. The summed E-state index contributed by atoms with van der Waals surface area (Å²) in [6.07, 6.45) is -1.38. The van der Waals surface area contributed by atoms with Crippen LogP contribution in [-0.2, 0) is 11.8 Å². The van der Waals surface area contributed by atoms with Gasteiger partial charge in [0.1, 0.15) is 11.6 Å². The van der Waals surface area contributed by atoms with Crippen molar-refractivity contribution in [2.45, 2.75) is 25.9 Å². The third-order valence-electron chi connectivity index (χ3n) is 7.11. The Morgan fingerprint density at radius 1 is 1.13 bits per heavy atom. The van der Waals surface area contributed by atoms with Crippen LogP contribution in [0.15, 0.2) is 36.7 Å². The molecule has 2 saturated heterocycles. The first-order chi connectivity index (χ1) is 18.6. The normalized spacial score (nSPS) is 18.1. The van der Waals surface area contributed by atoms with E-state index in [9.17, 15) is 22.4 Å². The summed E-state index contributed by atoms with van der Waals surface area (Å²) >= 11 is 0. The minimum Gasteiger partial charge on any atom is -0.378 e. The fourth-order valence-corrected chi connectivity index (χ4v) is 5.11. The number of carbonyl (C=O) groups excluding carboxylic acids is 1. The van der Waals surface area contributed by atoms with Gasteiger partial charge in [0.15, 0.2) is 0 Å². The zero-order valence-corrected chi connectivity index (χ0v) is 21.8. The van der Waals surface area contributed by atoms with E-state index in [4.69, 9.17) is 9.72 Å². The third-order valence-corrected chi connectivity index (χ3v) is 7.11. The maximum Gasteiger partial charge on any atom is 0.389 e. The molecule has 0 aliphatic carbocycles. The van der Waals surface area contributed by atoms with Crippen LogP contribution in [0.25, 0.3) is 22.4 Å². The lowest BCUT2D eigenvalue weighted by atomic mass is 9.98. The SMILES string of the molecule is Cc1cc(F)c(NC(=O)N2CCC(CC(F)(F)F)C2)cc1-c1cc(-c2cnn(C)c2)nc(N2CCOCC2)c1. The van der Waals surface area contributed by atoms with E-state index in [0.717, 1.165) is 16.9 Å². The lowest BCUT2D eigenvalue weighted by Crippen LogP contribution is -2.36. The molecule has 1 unspecified atom stereocenters. The molecular formula is C27H30F4N6O2. The number of hydrogen-bond donors (Lipinski definition) is 1. The molecule has 2 aromatic heterocycles. The van der Waals surface area contributed by atoms with E-state index in [1.165, 1.54) is 11.0 Å². The van der Waals surface area contributed by atoms with Crippen LogP contribution in [0.4, 0.5) is 33.9 Å². The number of morpholine rings is 1. The first-order valence-corrected chi connectivity index (χ1v) is 12.8. The number of nitrogens with one attached hydrogen (secondary N) is 1. The number of amides is 2. The molecule has 3 aromatic rings. The maximum absolute atomic E-state index is 15.0. The topological polar surface area (TPSA) is 75.5 Å². The monoisotopic (exact) mass is 546 g/mol. The molecule has 2 aliphatic heterocycles. The Hall–Kier alpha value is -3.67. The number of pyridine rings is 1. The number of halogens is 4. The van der Waals surface area contributed by atoms with Crippen LogP contribution in [0.5, 0.6) is 0 Å². The molecule has 4 heterocycles. The fourth-order valence-electron chi connectivity index (χ4n) is 5.11. The zero-order valence-electron chi connectivity index (χ0n) is 21.8. The number of benzene rings is 1. The number of alkyl halides is 3. The van der Waals surface area contributed by atoms with Crippen molar-refractivity contribution in [2.24, 2.45) is 13.0 Å². The number of urea groups is 1. The van der Waals surface area contributed by atoms with Gasteiger partial charge in [-0.1, -0.05) is 0 Å². The van der Waals surface area contributed by atoms with Crippen molar-refractivity contribution >= 4 is 17.5 Å². The standard InChI is InChI=1S/C27H30F4N6O2/c1-17-9-22(28)24(34-26(38)37-4-3-18(15-37)13-27(29,30)31)12-21(17)19-10-23(20-14-32-35(2)16-20)33-25(11-19)36-5-7-39-8-6-36/h9-12,14,16,18H,3-8,13,15H2,1-2H3,(H,34,38). The number of ether oxygens (including phenoxy) is 1. The molecule has 8 nitrogen and oxygen atoms in total. The summed E-state index contributed by atoms with van der Waals surface area (Å²) in [5.41, 5.74) is 3.63. The Labute approximate surface area is 223 Å². The number of anilines is 2. The summed E-state index contributed by atoms with van der Waals surface area (Å²) in [7, 11) is 1.82. The van der Waals surface area contributed by atoms with Crippen molar-refractivity contribution in [1.29, 1.82) is 0 Å². The van der Waals surface area contributed by atoms with Gasteiger partial charge in [-0.3, -0.25) is 4.68 Å². The van der Waals surface area contributed by atoms with Gasteiger partial charge in [-0.25, -0.2) is 14.2 Å². The van der Waals surface area contributed by atoms with Crippen molar-refractivity contribution in [3.63, 3.8) is 0 Å². The predicted molar refractivity (Wildman–Crippen MR) is 139 cm³/mol. The molecule has 5 rings (SSSR count). The van der Waals surface area contributed by atoms with Crippen molar-refractivity contribution in [1.82, 2.24) is 19.7 Å². The van der Waals surface area contributed by atoms with E-state index in [2.05, 4.69) is 15.3 Å². The van der Waals surface area contributed by atoms with Crippen molar-refractivity contribution in [2.75, 3.05) is 49.6 Å². The summed E-state index contributed by atoms with van der Waals surface area (Å²) < 4.78 is 60.5. The number of likely N-dealkylation sites (tertiary alicyclic amines) is 1. The molecule has 2 amide bonds. The molecule has 1 aromatic carbocycles. The Bertz CT molecular complexity index is 1350. The number of aryl methyl sites for hydroxylation is 2. The number of rotatable bonds is 5. The predicted octanol–water partition coefficient (Wildman–Crippen LogP) is 5.24. The molecule has 208 valence electrons. The molecule has 12 heteroatoms. The highest BCUT2D eigenvalue weighted by Crippen LogP contribution is 2.35. The van der Waals surface area contributed by atoms with Crippen LogP contribution in [-0.4, -0.2) is 71.3 Å². The van der Waals surface area contributed by atoms with Crippen LogP contribution in [0.2, 0.25) is 0 Å². The lowest BCUT2D eigenvalue weighted by molar-refractivity contribution is -0.143. The molecule has 0 saturated carbocycles. The Morgan fingerprint density at radius 2 is 1.90 bits per heavy atom. The van der Waals surface area contributed by atoms with Crippen LogP contribution < -0.4 is 10.2 Å². The fraction of sp³-hybridized carbons (Fsp3) is 0.444. The first-order valence-electron chi connectivity index (χ1n) is 12.8. The molecule has 1 atom stereocenters. The largest absolute Gasteiger partial charge is 0.389 e. The maximum atomic E-state index is 15.0. The summed E-state index contributed by atoms with van der Waals surface area (Å²) in [4.78, 5) is 21.1. The smallest absolute Gasteiger partial charge is 0.378 e. The highest BCUT2D eigenvalue weighted by molar-refractivity contribution is 5.91. The number of nitrogens with zero attached hydrogens (tertiary/aromatic N) is 5. The summed E-state index contributed by atoms with van der Waals surface area (Å²) in [5, 5.41) is 6.83. The molecule has 2 fully saturated rings. The van der Waals surface area contributed by atoms with Gasteiger partial charge in [0.05, 0.1) is 30.8 Å². The quantitative estimate of drug-likeness (QED) is 0.443. The van der Waals surface area contributed by atoms with E-state index in [0.29, 0.717) is 43.1 Å². The van der Waals surface area contributed by atoms with E-state index in [-0.39, 0.29) is 25.2 Å². The Morgan fingerprint density at radius 3 is 2.59 bits per heavy atom. The summed E-state index contributed by atoms with van der Waals surface area (Å²) in [6, 6.07) is 6.12. The highest BCUT2D eigenvalue weighted by atomic mass is 19.4. The van der Waals surface area contributed by atoms with Crippen molar-refractivity contribution in [3.05, 3.63) is 48.0 Å². The number of aromatic nitrogens is 3. The Balaban J connectivity index is 1.44. The van der Waals surface area contributed by atoms with E-state index >= 15 is 0 Å². The first kappa shape index (κ1) is 26.9. The molecule has 39 heavy (non-hydrogen) atoms. The van der Waals surface area contributed by atoms with Crippen LogP contribution in [0.3, 0.4) is 0 Å². The van der Waals surface area contributed by atoms with Crippen molar-refractivity contribution < 1.29 is 27.1 Å². The molecule has 0 radical (unpaired) electrons. The van der Waals surface area contributed by atoms with Gasteiger partial charge in [0.2, 0.25) is 0 Å². The second-order valence-electron chi connectivity index (χ2n) is 10.1. The average Bonchev–Trinajstić information content (AvgIpc) is 3.54. The van der Waals surface area contributed by atoms with Gasteiger partial charge >= 0.3 is 12.2 Å². The number of hydrogen-bond acceptors (Lipinski definition) is 5. The van der Waals surface area contributed by atoms with E-state index in [1.54, 1.807) is 23.9 Å².